The van der Waals surface area contributed by atoms with Crippen LogP contribution in [0.5, 0.6) is 5.75 Å². The minimum absolute atomic E-state index is 0.0622. The minimum Gasteiger partial charge on any atom is -0.484 e. The number of carbonyl (C=O) groups excluding carboxylic acids is 2. The maximum absolute atomic E-state index is 13.6. The van der Waals surface area contributed by atoms with E-state index in [1.165, 1.54) is 6.20 Å². The molecule has 200 valence electrons. The van der Waals surface area contributed by atoms with Crippen molar-refractivity contribution >= 4 is 17.5 Å². The van der Waals surface area contributed by atoms with Crippen LogP contribution in [0.1, 0.15) is 47.6 Å². The van der Waals surface area contributed by atoms with E-state index in [4.69, 9.17) is 4.74 Å². The van der Waals surface area contributed by atoms with Gasteiger partial charge in [-0.25, -0.2) is 4.98 Å². The molecule has 4 rings (SSSR count). The maximum atomic E-state index is 13.6. The Hall–Kier alpha value is -3.78. The van der Waals surface area contributed by atoms with Crippen LogP contribution < -0.4 is 9.64 Å². The number of aromatic nitrogens is 2. The lowest BCUT2D eigenvalue weighted by Crippen LogP contribution is -2.41. The molecule has 0 atom stereocenters. The second kappa shape index (κ2) is 12.6. The largest absolute Gasteiger partial charge is 0.484 e. The summed E-state index contributed by atoms with van der Waals surface area (Å²) in [5, 5.41) is 0. The Morgan fingerprint density at radius 2 is 1.71 bits per heavy atom. The van der Waals surface area contributed by atoms with E-state index in [-0.39, 0.29) is 18.4 Å². The molecule has 1 aliphatic rings. The molecule has 8 heteroatoms. The lowest BCUT2D eigenvalue weighted by Gasteiger charge is -2.30. The third kappa shape index (κ3) is 6.75. The number of fused-ring (bicyclic) bond motifs is 1. The van der Waals surface area contributed by atoms with Crippen LogP contribution in [-0.2, 0) is 11.3 Å². The molecule has 0 saturated carbocycles. The first kappa shape index (κ1) is 27.3. The molecule has 0 bridgehead atoms. The predicted molar refractivity (Wildman–Crippen MR) is 148 cm³/mol. The standard InChI is InChI=1S/C30H37N5O3/c1-22(2)33-14-9-15-35(28(36)21-38-26-12-6-5-7-13-26)29-23(3)10-8-11-25(29)20-34(17-16-33)30(37)27-19-31-24(4)18-32-27/h5-8,10-13,18-19,22H,9,14-17,20-21H2,1-4H3. The highest BCUT2D eigenvalue weighted by Gasteiger charge is 2.26. The van der Waals surface area contributed by atoms with Crippen molar-refractivity contribution in [2.24, 2.45) is 0 Å². The van der Waals surface area contributed by atoms with Crippen LogP contribution in [0.2, 0.25) is 0 Å². The summed E-state index contributed by atoms with van der Waals surface area (Å²) in [5.41, 5.74) is 3.83. The maximum Gasteiger partial charge on any atom is 0.274 e. The molecule has 0 saturated heterocycles. The molecule has 38 heavy (non-hydrogen) atoms. The summed E-state index contributed by atoms with van der Waals surface area (Å²) in [7, 11) is 0. The Morgan fingerprint density at radius 3 is 2.42 bits per heavy atom. The number of amides is 2. The summed E-state index contributed by atoms with van der Waals surface area (Å²) in [6, 6.07) is 15.7. The molecular formula is C30H37N5O3. The van der Waals surface area contributed by atoms with E-state index in [9.17, 15) is 9.59 Å². The lowest BCUT2D eigenvalue weighted by atomic mass is 10.0. The summed E-state index contributed by atoms with van der Waals surface area (Å²) in [5.74, 6) is 0.380. The summed E-state index contributed by atoms with van der Waals surface area (Å²) >= 11 is 0. The third-order valence-corrected chi connectivity index (χ3v) is 6.86. The second-order valence-electron chi connectivity index (χ2n) is 9.98. The molecule has 2 amide bonds. The van der Waals surface area contributed by atoms with E-state index < -0.39 is 0 Å². The van der Waals surface area contributed by atoms with Gasteiger partial charge in [-0.15, -0.1) is 0 Å². The van der Waals surface area contributed by atoms with E-state index in [2.05, 4.69) is 28.7 Å². The Kier molecular flexibility index (Phi) is 9.07. The van der Waals surface area contributed by atoms with Crippen molar-refractivity contribution in [1.82, 2.24) is 19.8 Å². The number of ether oxygens (including phenoxy) is 1. The second-order valence-corrected chi connectivity index (χ2v) is 9.98. The van der Waals surface area contributed by atoms with Gasteiger partial charge in [0.15, 0.2) is 6.61 Å². The molecule has 2 aromatic carbocycles. The predicted octanol–water partition coefficient (Wildman–Crippen LogP) is 4.26. The topological polar surface area (TPSA) is 78.9 Å². The fraction of sp³-hybridized carbons (Fsp3) is 0.400. The van der Waals surface area contributed by atoms with E-state index >= 15 is 0 Å². The molecule has 0 radical (unpaired) electrons. The van der Waals surface area contributed by atoms with Gasteiger partial charge in [-0.2, -0.15) is 0 Å². The lowest BCUT2D eigenvalue weighted by molar-refractivity contribution is -0.120. The number of benzene rings is 2. The van der Waals surface area contributed by atoms with Crippen molar-refractivity contribution in [3.05, 3.63) is 83.4 Å². The molecule has 8 nitrogen and oxygen atoms in total. The van der Waals surface area contributed by atoms with Crippen LogP contribution in [0, 0.1) is 13.8 Å². The molecule has 0 unspecified atom stereocenters. The van der Waals surface area contributed by atoms with Gasteiger partial charge in [0.2, 0.25) is 0 Å². The number of para-hydroxylation sites is 2. The van der Waals surface area contributed by atoms with Crippen molar-refractivity contribution in [3.63, 3.8) is 0 Å². The highest BCUT2D eigenvalue weighted by molar-refractivity contribution is 5.96. The molecule has 0 N–H and O–H groups in total. The van der Waals surface area contributed by atoms with Crippen molar-refractivity contribution in [3.8, 4) is 5.75 Å². The number of carbonyl (C=O) groups is 2. The summed E-state index contributed by atoms with van der Waals surface area (Å²) < 4.78 is 5.83. The molecule has 0 fully saturated rings. The van der Waals surface area contributed by atoms with Crippen LogP contribution in [-0.4, -0.2) is 70.4 Å². The number of aryl methyl sites for hydroxylation is 2. The summed E-state index contributed by atoms with van der Waals surface area (Å²) in [6.45, 7) is 11.1. The highest BCUT2D eigenvalue weighted by Crippen LogP contribution is 2.28. The highest BCUT2D eigenvalue weighted by atomic mass is 16.5. The van der Waals surface area contributed by atoms with Gasteiger partial charge in [0.05, 0.1) is 17.6 Å². The first-order valence-electron chi connectivity index (χ1n) is 13.2. The fourth-order valence-corrected chi connectivity index (χ4v) is 4.77. The molecule has 2 heterocycles. The minimum atomic E-state index is -0.168. The van der Waals surface area contributed by atoms with Gasteiger partial charge in [-0.05, 0) is 57.4 Å². The van der Waals surface area contributed by atoms with Gasteiger partial charge in [0.25, 0.3) is 11.8 Å². The fourth-order valence-electron chi connectivity index (χ4n) is 4.77. The van der Waals surface area contributed by atoms with Gasteiger partial charge in [-0.3, -0.25) is 19.5 Å². The first-order chi connectivity index (χ1) is 18.3. The van der Waals surface area contributed by atoms with Gasteiger partial charge >= 0.3 is 0 Å². The number of anilines is 1. The normalized spacial score (nSPS) is 15.1. The number of nitrogens with zero attached hydrogens (tertiary/aromatic N) is 5. The van der Waals surface area contributed by atoms with Crippen LogP contribution in [0.4, 0.5) is 5.69 Å². The molecule has 1 aromatic heterocycles. The molecule has 3 aromatic rings. The Morgan fingerprint density at radius 1 is 0.921 bits per heavy atom. The zero-order chi connectivity index (χ0) is 27.1. The van der Waals surface area contributed by atoms with E-state index in [0.29, 0.717) is 37.1 Å². The smallest absolute Gasteiger partial charge is 0.274 e. The van der Waals surface area contributed by atoms with E-state index in [1.54, 1.807) is 6.20 Å². The average Bonchev–Trinajstić information content (AvgIpc) is 2.95. The van der Waals surface area contributed by atoms with Crippen LogP contribution in [0.15, 0.2) is 60.9 Å². The zero-order valence-electron chi connectivity index (χ0n) is 22.8. The quantitative estimate of drug-likeness (QED) is 0.505. The van der Waals surface area contributed by atoms with Gasteiger partial charge < -0.3 is 14.5 Å². The SMILES string of the molecule is Cc1cnc(C(=O)N2CCN(C(C)C)CCCN(C(=O)COc3ccccc3)c3c(C)cccc3C2)cn1. The number of hydrogen-bond donors (Lipinski definition) is 0. The van der Waals surface area contributed by atoms with Crippen molar-refractivity contribution < 1.29 is 14.3 Å². The van der Waals surface area contributed by atoms with Crippen molar-refractivity contribution in [2.45, 2.75) is 46.7 Å². The third-order valence-electron chi connectivity index (χ3n) is 6.86. The molecule has 0 aliphatic carbocycles. The Balaban J connectivity index is 1.68. The average molecular weight is 516 g/mol. The Bertz CT molecular complexity index is 1230. The summed E-state index contributed by atoms with van der Waals surface area (Å²) in [4.78, 5) is 41.9. The monoisotopic (exact) mass is 515 g/mol. The Labute approximate surface area is 225 Å². The number of rotatable bonds is 5. The zero-order valence-corrected chi connectivity index (χ0v) is 22.8. The molecular weight excluding hydrogens is 478 g/mol. The molecule has 0 spiro atoms. The van der Waals surface area contributed by atoms with Gasteiger partial charge in [0, 0.05) is 45.0 Å². The van der Waals surface area contributed by atoms with Crippen LogP contribution in [0.3, 0.4) is 0 Å². The summed E-state index contributed by atoms with van der Waals surface area (Å²) in [6.07, 6.45) is 3.96. The van der Waals surface area contributed by atoms with Gasteiger partial charge in [0.1, 0.15) is 11.4 Å². The van der Waals surface area contributed by atoms with Crippen LogP contribution in [0.25, 0.3) is 0 Å². The van der Waals surface area contributed by atoms with Crippen molar-refractivity contribution in [2.75, 3.05) is 37.7 Å². The van der Waals surface area contributed by atoms with E-state index in [0.717, 1.165) is 42.0 Å². The van der Waals surface area contributed by atoms with E-state index in [1.807, 2.05) is 72.2 Å². The first-order valence-corrected chi connectivity index (χ1v) is 13.2. The molecule has 1 aliphatic heterocycles. The van der Waals surface area contributed by atoms with Crippen LogP contribution >= 0.6 is 0 Å². The van der Waals surface area contributed by atoms with Crippen molar-refractivity contribution in [1.29, 1.82) is 0 Å². The van der Waals surface area contributed by atoms with Gasteiger partial charge in [-0.1, -0.05) is 36.4 Å². The number of hydrogen-bond acceptors (Lipinski definition) is 6.